The van der Waals surface area contributed by atoms with Gasteiger partial charge in [-0.1, -0.05) is 6.07 Å². The zero-order valence-corrected chi connectivity index (χ0v) is 13.8. The maximum Gasteiger partial charge on any atom is 0.354 e. The van der Waals surface area contributed by atoms with Gasteiger partial charge in [-0.15, -0.1) is 0 Å². The molecule has 3 rings (SSSR count). The van der Waals surface area contributed by atoms with Gasteiger partial charge < -0.3 is 14.9 Å². The first-order chi connectivity index (χ1) is 11.2. The topological polar surface area (TPSA) is 56.7 Å². The number of carbonyl (C=O) groups is 1. The lowest BCUT2D eigenvalue weighted by Crippen LogP contribution is -2.34. The van der Waals surface area contributed by atoms with Crippen molar-refractivity contribution in [3.05, 3.63) is 23.9 Å². The van der Waals surface area contributed by atoms with Gasteiger partial charge >= 0.3 is 5.97 Å². The second-order valence-corrected chi connectivity index (χ2v) is 6.81. The van der Waals surface area contributed by atoms with Crippen molar-refractivity contribution in [2.45, 2.75) is 38.5 Å². The smallest absolute Gasteiger partial charge is 0.354 e. The highest BCUT2D eigenvalue weighted by atomic mass is 16.4. The molecule has 0 radical (unpaired) electrons. The Morgan fingerprint density at radius 3 is 2.61 bits per heavy atom. The number of piperidine rings is 1. The van der Waals surface area contributed by atoms with Gasteiger partial charge in [0, 0.05) is 13.1 Å². The zero-order valence-electron chi connectivity index (χ0n) is 13.8. The number of carboxylic acids is 1. The molecule has 0 atom stereocenters. The van der Waals surface area contributed by atoms with E-state index in [4.69, 9.17) is 5.11 Å². The highest BCUT2D eigenvalue weighted by molar-refractivity contribution is 5.85. The fourth-order valence-electron chi connectivity index (χ4n) is 3.78. The average Bonchev–Trinajstić information content (AvgIpc) is 3.09. The summed E-state index contributed by atoms with van der Waals surface area (Å²) in [6.45, 7) is 5.84. The van der Waals surface area contributed by atoms with E-state index in [1.807, 2.05) is 6.07 Å². The molecule has 2 saturated heterocycles. The predicted molar refractivity (Wildman–Crippen MR) is 91.0 cm³/mol. The summed E-state index contributed by atoms with van der Waals surface area (Å²) in [7, 11) is 0. The minimum atomic E-state index is -0.955. The molecule has 0 spiro atoms. The highest BCUT2D eigenvalue weighted by Gasteiger charge is 2.21. The first kappa shape index (κ1) is 16.2. The first-order valence-corrected chi connectivity index (χ1v) is 8.90. The van der Waals surface area contributed by atoms with Crippen LogP contribution in [0, 0.1) is 5.92 Å². The van der Waals surface area contributed by atoms with Crippen molar-refractivity contribution >= 4 is 11.8 Å². The Labute approximate surface area is 138 Å². The largest absolute Gasteiger partial charge is 0.477 e. The van der Waals surface area contributed by atoms with Gasteiger partial charge in [0.25, 0.3) is 0 Å². The van der Waals surface area contributed by atoms with E-state index >= 15 is 0 Å². The van der Waals surface area contributed by atoms with Crippen LogP contribution in [0.15, 0.2) is 18.2 Å². The lowest BCUT2D eigenvalue weighted by atomic mass is 9.92. The van der Waals surface area contributed by atoms with Crippen molar-refractivity contribution in [1.29, 1.82) is 0 Å². The van der Waals surface area contributed by atoms with Crippen molar-refractivity contribution in [3.63, 3.8) is 0 Å². The molecule has 0 aliphatic carbocycles. The van der Waals surface area contributed by atoms with Crippen LogP contribution in [0.5, 0.6) is 0 Å². The fourth-order valence-corrected chi connectivity index (χ4v) is 3.78. The SMILES string of the molecule is O=C(O)c1cccc(N2CCC(CCCN3CCCC3)CC2)n1. The number of anilines is 1. The van der Waals surface area contributed by atoms with E-state index in [0.29, 0.717) is 0 Å². The molecule has 3 heterocycles. The second-order valence-electron chi connectivity index (χ2n) is 6.81. The number of aromatic carboxylic acids is 1. The Kier molecular flexibility index (Phi) is 5.49. The van der Waals surface area contributed by atoms with E-state index in [0.717, 1.165) is 24.8 Å². The summed E-state index contributed by atoms with van der Waals surface area (Å²) in [5.41, 5.74) is 0.134. The van der Waals surface area contributed by atoms with Gasteiger partial charge in [-0.25, -0.2) is 9.78 Å². The molecule has 23 heavy (non-hydrogen) atoms. The number of carboxylic acid groups (broad SMARTS) is 1. The minimum absolute atomic E-state index is 0.134. The van der Waals surface area contributed by atoms with Gasteiger partial charge in [0.15, 0.2) is 5.69 Å². The van der Waals surface area contributed by atoms with Crippen molar-refractivity contribution < 1.29 is 9.90 Å². The van der Waals surface area contributed by atoms with Gasteiger partial charge in [0.1, 0.15) is 5.82 Å². The van der Waals surface area contributed by atoms with Crippen molar-refractivity contribution in [1.82, 2.24) is 9.88 Å². The summed E-state index contributed by atoms with van der Waals surface area (Å²) in [6.07, 6.45) is 7.78. The van der Waals surface area contributed by atoms with Crippen LogP contribution >= 0.6 is 0 Å². The molecule has 5 nitrogen and oxygen atoms in total. The van der Waals surface area contributed by atoms with E-state index in [-0.39, 0.29) is 5.69 Å². The van der Waals surface area contributed by atoms with Crippen molar-refractivity contribution in [2.75, 3.05) is 37.6 Å². The maximum absolute atomic E-state index is 11.0. The molecule has 2 fully saturated rings. The standard InChI is InChI=1S/C18H27N3O2/c22-18(23)16-6-3-7-17(19-16)21-13-8-15(9-14-21)5-4-12-20-10-1-2-11-20/h3,6-7,15H,1-2,4-5,8-14H2,(H,22,23). The van der Waals surface area contributed by atoms with Crippen LogP contribution in [0.3, 0.4) is 0 Å². The third kappa shape index (κ3) is 4.44. The molecule has 1 aromatic rings. The lowest BCUT2D eigenvalue weighted by molar-refractivity contribution is 0.0690. The van der Waals surface area contributed by atoms with Crippen LogP contribution in [0.2, 0.25) is 0 Å². The fraction of sp³-hybridized carbons (Fsp3) is 0.667. The molecule has 2 aliphatic rings. The van der Waals surface area contributed by atoms with Gasteiger partial charge in [0.2, 0.25) is 0 Å². The average molecular weight is 317 g/mol. The molecule has 0 amide bonds. The van der Waals surface area contributed by atoms with E-state index in [9.17, 15) is 4.79 Å². The molecule has 5 heteroatoms. The van der Waals surface area contributed by atoms with Gasteiger partial charge in [-0.3, -0.25) is 0 Å². The molecule has 1 N–H and O–H groups in total. The third-order valence-electron chi connectivity index (χ3n) is 5.18. The molecule has 0 bridgehead atoms. The van der Waals surface area contributed by atoms with Crippen LogP contribution < -0.4 is 4.90 Å². The number of nitrogens with zero attached hydrogens (tertiary/aromatic N) is 3. The Morgan fingerprint density at radius 1 is 1.17 bits per heavy atom. The number of hydrogen-bond donors (Lipinski definition) is 1. The van der Waals surface area contributed by atoms with E-state index < -0.39 is 5.97 Å². The van der Waals surface area contributed by atoms with Crippen molar-refractivity contribution in [2.24, 2.45) is 5.92 Å². The summed E-state index contributed by atoms with van der Waals surface area (Å²) in [6, 6.07) is 5.25. The van der Waals surface area contributed by atoms with Crippen LogP contribution in [0.4, 0.5) is 5.82 Å². The number of aromatic nitrogens is 1. The van der Waals surface area contributed by atoms with E-state index in [2.05, 4.69) is 14.8 Å². The molecule has 0 saturated carbocycles. The maximum atomic E-state index is 11.0. The van der Waals surface area contributed by atoms with Gasteiger partial charge in [-0.2, -0.15) is 0 Å². The summed E-state index contributed by atoms with van der Waals surface area (Å²) in [5, 5.41) is 9.05. The summed E-state index contributed by atoms with van der Waals surface area (Å²) >= 11 is 0. The Balaban J connectivity index is 1.42. The normalized spacial score (nSPS) is 20.1. The molecular weight excluding hydrogens is 290 g/mol. The monoisotopic (exact) mass is 317 g/mol. The number of pyridine rings is 1. The quantitative estimate of drug-likeness (QED) is 0.874. The minimum Gasteiger partial charge on any atom is -0.477 e. The molecule has 126 valence electrons. The predicted octanol–water partition coefficient (Wildman–Crippen LogP) is 2.87. The summed E-state index contributed by atoms with van der Waals surface area (Å²) < 4.78 is 0. The van der Waals surface area contributed by atoms with Gasteiger partial charge in [-0.05, 0) is 76.2 Å². The zero-order chi connectivity index (χ0) is 16.1. The van der Waals surface area contributed by atoms with Crippen LogP contribution in [0.25, 0.3) is 0 Å². The first-order valence-electron chi connectivity index (χ1n) is 8.90. The molecule has 1 aromatic heterocycles. The lowest BCUT2D eigenvalue weighted by Gasteiger charge is -2.33. The molecule has 0 unspecified atom stereocenters. The van der Waals surface area contributed by atoms with Crippen LogP contribution in [-0.4, -0.2) is 53.7 Å². The highest BCUT2D eigenvalue weighted by Crippen LogP contribution is 2.25. The summed E-state index contributed by atoms with van der Waals surface area (Å²) in [5.74, 6) is 0.667. The summed E-state index contributed by atoms with van der Waals surface area (Å²) in [4.78, 5) is 20.1. The van der Waals surface area contributed by atoms with E-state index in [1.54, 1.807) is 12.1 Å². The molecule has 2 aliphatic heterocycles. The number of rotatable bonds is 6. The molecule has 0 aromatic carbocycles. The van der Waals surface area contributed by atoms with Gasteiger partial charge in [0.05, 0.1) is 0 Å². The van der Waals surface area contributed by atoms with Crippen LogP contribution in [0.1, 0.15) is 49.0 Å². The number of likely N-dealkylation sites (tertiary alicyclic amines) is 1. The van der Waals surface area contributed by atoms with Crippen LogP contribution in [-0.2, 0) is 0 Å². The Hall–Kier alpha value is -1.62. The molecular formula is C18H27N3O2. The third-order valence-corrected chi connectivity index (χ3v) is 5.18. The van der Waals surface area contributed by atoms with E-state index in [1.165, 1.54) is 58.2 Å². The number of hydrogen-bond acceptors (Lipinski definition) is 4. The Morgan fingerprint density at radius 2 is 1.91 bits per heavy atom. The second kappa shape index (κ2) is 7.77. The Bertz CT molecular complexity index is 521. The van der Waals surface area contributed by atoms with Crippen molar-refractivity contribution in [3.8, 4) is 0 Å².